The molecule has 0 fully saturated rings. The standard InChI is InChI=1S/C19H23N3O5S2/c1-13(14-5-4-6-17(12-14)29(20,26)27)21(2)19(23)16-7-8-18-15(11-16)9-10-22(18)28(3,24)25/h4-8,11-13H,9-10H2,1-3H3,(H2,20,26,27). The topological polar surface area (TPSA) is 118 Å². The Bertz CT molecular complexity index is 1180. The second kappa shape index (κ2) is 7.43. The third-order valence-corrected chi connectivity index (χ3v) is 7.24. The number of benzene rings is 2. The molecule has 8 nitrogen and oxygen atoms in total. The molecule has 0 aromatic heterocycles. The van der Waals surface area contributed by atoms with Crippen molar-refractivity contribution >= 4 is 31.6 Å². The number of carbonyl (C=O) groups is 1. The zero-order valence-corrected chi connectivity index (χ0v) is 18.0. The Labute approximate surface area is 171 Å². The number of primary sulfonamides is 1. The number of rotatable bonds is 5. The van der Waals surface area contributed by atoms with Gasteiger partial charge in [-0.3, -0.25) is 9.10 Å². The molecule has 1 aliphatic heterocycles. The SMILES string of the molecule is CC(c1cccc(S(N)(=O)=O)c1)N(C)C(=O)c1ccc2c(c1)CCN2S(C)(=O)=O. The first-order valence-corrected chi connectivity index (χ1v) is 12.3. The Balaban J connectivity index is 1.86. The predicted molar refractivity (Wildman–Crippen MR) is 111 cm³/mol. The van der Waals surface area contributed by atoms with Gasteiger partial charge in [-0.2, -0.15) is 0 Å². The first-order valence-electron chi connectivity index (χ1n) is 8.90. The Morgan fingerprint density at radius 3 is 2.45 bits per heavy atom. The molecule has 0 radical (unpaired) electrons. The number of amides is 1. The molecule has 1 unspecified atom stereocenters. The third kappa shape index (κ3) is 4.29. The zero-order valence-electron chi connectivity index (χ0n) is 16.4. The van der Waals surface area contributed by atoms with E-state index >= 15 is 0 Å². The lowest BCUT2D eigenvalue weighted by atomic mass is 10.0. The molecule has 10 heteroatoms. The van der Waals surface area contributed by atoms with Crippen molar-refractivity contribution in [3.05, 3.63) is 59.2 Å². The maximum Gasteiger partial charge on any atom is 0.254 e. The van der Waals surface area contributed by atoms with Crippen LogP contribution in [0.1, 0.15) is 34.5 Å². The van der Waals surface area contributed by atoms with Crippen molar-refractivity contribution in [2.45, 2.75) is 24.3 Å². The summed E-state index contributed by atoms with van der Waals surface area (Å²) >= 11 is 0. The lowest BCUT2D eigenvalue weighted by Crippen LogP contribution is -2.30. The largest absolute Gasteiger partial charge is 0.335 e. The van der Waals surface area contributed by atoms with Crippen LogP contribution in [-0.4, -0.2) is 47.5 Å². The van der Waals surface area contributed by atoms with E-state index in [1.807, 2.05) is 0 Å². The maximum atomic E-state index is 13.0. The van der Waals surface area contributed by atoms with Crippen molar-refractivity contribution in [2.24, 2.45) is 5.14 Å². The van der Waals surface area contributed by atoms with Gasteiger partial charge in [0.15, 0.2) is 0 Å². The predicted octanol–water partition coefficient (Wildman–Crippen LogP) is 1.49. The number of hydrogen-bond acceptors (Lipinski definition) is 5. The van der Waals surface area contributed by atoms with E-state index in [0.717, 1.165) is 11.8 Å². The summed E-state index contributed by atoms with van der Waals surface area (Å²) < 4.78 is 48.2. The van der Waals surface area contributed by atoms with E-state index in [-0.39, 0.29) is 10.8 Å². The second-order valence-corrected chi connectivity index (χ2v) is 10.6. The molecule has 0 saturated carbocycles. The van der Waals surface area contributed by atoms with Crippen LogP contribution >= 0.6 is 0 Å². The molecule has 2 N–H and O–H groups in total. The number of anilines is 1. The fourth-order valence-corrected chi connectivity index (χ4v) is 4.93. The quantitative estimate of drug-likeness (QED) is 0.760. The molecule has 29 heavy (non-hydrogen) atoms. The summed E-state index contributed by atoms with van der Waals surface area (Å²) in [5.74, 6) is -0.251. The van der Waals surface area contributed by atoms with E-state index in [0.29, 0.717) is 29.8 Å². The summed E-state index contributed by atoms with van der Waals surface area (Å²) in [6.07, 6.45) is 1.70. The molecular formula is C19H23N3O5S2. The molecule has 2 aromatic rings. The summed E-state index contributed by atoms with van der Waals surface area (Å²) in [5, 5.41) is 5.19. The number of fused-ring (bicyclic) bond motifs is 1. The van der Waals surface area contributed by atoms with Crippen LogP contribution < -0.4 is 9.44 Å². The van der Waals surface area contributed by atoms with Gasteiger partial charge in [0.2, 0.25) is 20.0 Å². The van der Waals surface area contributed by atoms with Crippen molar-refractivity contribution in [1.82, 2.24) is 4.90 Å². The van der Waals surface area contributed by atoms with Gasteiger partial charge in [0.25, 0.3) is 5.91 Å². The highest BCUT2D eigenvalue weighted by atomic mass is 32.2. The summed E-state index contributed by atoms with van der Waals surface area (Å²) in [5.41, 5.74) is 2.48. The van der Waals surface area contributed by atoms with Crippen LogP contribution in [0.5, 0.6) is 0 Å². The van der Waals surface area contributed by atoms with E-state index in [1.165, 1.54) is 21.3 Å². The smallest absolute Gasteiger partial charge is 0.254 e. The Morgan fingerprint density at radius 1 is 1.14 bits per heavy atom. The van der Waals surface area contributed by atoms with Crippen molar-refractivity contribution in [3.63, 3.8) is 0 Å². The first kappa shape index (κ1) is 21.3. The van der Waals surface area contributed by atoms with Gasteiger partial charge in [-0.05, 0) is 54.8 Å². The highest BCUT2D eigenvalue weighted by Gasteiger charge is 2.28. The fraction of sp³-hybridized carbons (Fsp3) is 0.316. The Kier molecular flexibility index (Phi) is 5.46. The summed E-state index contributed by atoms with van der Waals surface area (Å²) in [4.78, 5) is 14.5. The molecule has 0 aliphatic carbocycles. The van der Waals surface area contributed by atoms with Crippen molar-refractivity contribution in [3.8, 4) is 0 Å². The van der Waals surface area contributed by atoms with Crippen LogP contribution in [0.3, 0.4) is 0 Å². The Morgan fingerprint density at radius 2 is 1.83 bits per heavy atom. The van der Waals surface area contributed by atoms with E-state index in [1.54, 1.807) is 44.3 Å². The van der Waals surface area contributed by atoms with Crippen molar-refractivity contribution in [1.29, 1.82) is 0 Å². The van der Waals surface area contributed by atoms with Crippen molar-refractivity contribution < 1.29 is 21.6 Å². The van der Waals surface area contributed by atoms with E-state index in [9.17, 15) is 21.6 Å². The third-order valence-electron chi connectivity index (χ3n) is 5.15. The van der Waals surface area contributed by atoms with Gasteiger partial charge in [0.05, 0.1) is 22.9 Å². The van der Waals surface area contributed by atoms with Gasteiger partial charge < -0.3 is 4.90 Å². The van der Waals surface area contributed by atoms with Crippen LogP contribution in [0.15, 0.2) is 47.4 Å². The molecular weight excluding hydrogens is 414 g/mol. The van der Waals surface area contributed by atoms with E-state index in [4.69, 9.17) is 5.14 Å². The van der Waals surface area contributed by atoms with Crippen LogP contribution in [0, 0.1) is 0 Å². The minimum absolute atomic E-state index is 0.0129. The van der Waals surface area contributed by atoms with E-state index in [2.05, 4.69) is 0 Å². The summed E-state index contributed by atoms with van der Waals surface area (Å²) in [6, 6.07) is 10.7. The lowest BCUT2D eigenvalue weighted by molar-refractivity contribution is 0.0742. The maximum absolute atomic E-state index is 13.0. The Hall–Kier alpha value is -2.43. The van der Waals surface area contributed by atoms with Gasteiger partial charge in [-0.25, -0.2) is 22.0 Å². The molecule has 0 saturated heterocycles. The van der Waals surface area contributed by atoms with Gasteiger partial charge >= 0.3 is 0 Å². The summed E-state index contributed by atoms with van der Waals surface area (Å²) in [6.45, 7) is 2.15. The van der Waals surface area contributed by atoms with Crippen LogP contribution in [0.2, 0.25) is 0 Å². The van der Waals surface area contributed by atoms with Gasteiger partial charge in [0, 0.05) is 19.2 Å². The highest BCUT2D eigenvalue weighted by Crippen LogP contribution is 2.31. The monoisotopic (exact) mass is 437 g/mol. The number of hydrogen-bond donors (Lipinski definition) is 1. The van der Waals surface area contributed by atoms with Crippen molar-refractivity contribution in [2.75, 3.05) is 24.2 Å². The van der Waals surface area contributed by atoms with E-state index < -0.39 is 26.1 Å². The molecule has 1 amide bonds. The minimum Gasteiger partial charge on any atom is -0.335 e. The molecule has 3 rings (SSSR count). The number of carbonyl (C=O) groups excluding carboxylic acids is 1. The first-order chi connectivity index (χ1) is 13.4. The molecule has 1 aliphatic rings. The van der Waals surface area contributed by atoms with Crippen LogP contribution in [0.4, 0.5) is 5.69 Å². The zero-order chi connectivity index (χ0) is 21.6. The highest BCUT2D eigenvalue weighted by molar-refractivity contribution is 7.92. The average molecular weight is 438 g/mol. The molecule has 0 spiro atoms. The molecule has 156 valence electrons. The van der Waals surface area contributed by atoms with Crippen LogP contribution in [-0.2, 0) is 26.5 Å². The van der Waals surface area contributed by atoms with Gasteiger partial charge in [0.1, 0.15) is 0 Å². The average Bonchev–Trinajstić information content (AvgIpc) is 3.09. The number of sulfonamides is 2. The summed E-state index contributed by atoms with van der Waals surface area (Å²) in [7, 11) is -5.56. The molecule has 1 heterocycles. The lowest BCUT2D eigenvalue weighted by Gasteiger charge is -2.26. The number of nitrogens with two attached hydrogens (primary N) is 1. The number of nitrogens with zero attached hydrogens (tertiary/aromatic N) is 2. The normalized spacial score (nSPS) is 15.1. The molecule has 1 atom stereocenters. The van der Waals surface area contributed by atoms with Gasteiger partial charge in [-0.1, -0.05) is 12.1 Å². The minimum atomic E-state index is -3.84. The van der Waals surface area contributed by atoms with Crippen LogP contribution in [0.25, 0.3) is 0 Å². The molecule has 2 aromatic carbocycles. The second-order valence-electron chi connectivity index (χ2n) is 7.14. The van der Waals surface area contributed by atoms with Gasteiger partial charge in [-0.15, -0.1) is 0 Å². The molecule has 0 bridgehead atoms. The fourth-order valence-electron chi connectivity index (χ4n) is 3.40.